The van der Waals surface area contributed by atoms with Gasteiger partial charge in [-0.05, 0) is 38.0 Å². The van der Waals surface area contributed by atoms with Crippen LogP contribution in [0.1, 0.15) is 74.1 Å². The zero-order valence-electron chi connectivity index (χ0n) is 16.1. The van der Waals surface area contributed by atoms with Gasteiger partial charge in [0.1, 0.15) is 0 Å². The molecule has 0 aromatic carbocycles. The molecule has 4 nitrogen and oxygen atoms in total. The van der Waals surface area contributed by atoms with Crippen LogP contribution in [0.2, 0.25) is 0 Å². The van der Waals surface area contributed by atoms with E-state index in [1.807, 2.05) is 41.5 Å². The van der Waals surface area contributed by atoms with Gasteiger partial charge in [-0.1, -0.05) is 48.0 Å². The van der Waals surface area contributed by atoms with Crippen molar-refractivity contribution in [2.45, 2.75) is 74.1 Å². The molecule has 0 bridgehead atoms. The fraction of sp³-hybridized carbons (Fsp3) is 0.895. The monoisotopic (exact) mass is 328 g/mol. The second kappa shape index (κ2) is 10.7. The minimum Gasteiger partial charge on any atom is -0.465 e. The molecule has 2 unspecified atom stereocenters. The van der Waals surface area contributed by atoms with Crippen molar-refractivity contribution in [3.05, 3.63) is 0 Å². The lowest BCUT2D eigenvalue weighted by molar-refractivity contribution is -0.160. The average Bonchev–Trinajstić information content (AvgIpc) is 2.49. The fourth-order valence-electron chi connectivity index (χ4n) is 2.13. The molecule has 0 heterocycles. The summed E-state index contributed by atoms with van der Waals surface area (Å²) in [6, 6.07) is 0. The quantitative estimate of drug-likeness (QED) is 0.410. The Labute approximate surface area is 142 Å². The van der Waals surface area contributed by atoms with E-state index in [4.69, 9.17) is 9.47 Å². The molecule has 0 fully saturated rings. The smallest absolute Gasteiger partial charge is 0.312 e. The summed E-state index contributed by atoms with van der Waals surface area (Å²) in [5, 5.41) is 0. The van der Waals surface area contributed by atoms with Gasteiger partial charge in [0.05, 0.1) is 24.5 Å². The highest BCUT2D eigenvalue weighted by molar-refractivity contribution is 5.77. The first-order valence-electron chi connectivity index (χ1n) is 8.99. The van der Waals surface area contributed by atoms with Crippen molar-refractivity contribution in [1.82, 2.24) is 0 Å². The predicted octanol–water partition coefficient (Wildman–Crippen LogP) is 4.61. The van der Waals surface area contributed by atoms with E-state index in [1.165, 1.54) is 0 Å². The van der Waals surface area contributed by atoms with E-state index in [0.717, 1.165) is 12.8 Å². The highest BCUT2D eigenvalue weighted by atomic mass is 16.5. The molecule has 4 heteroatoms. The van der Waals surface area contributed by atoms with Crippen molar-refractivity contribution in [2.24, 2.45) is 23.2 Å². The Kier molecular flexibility index (Phi) is 10.2. The van der Waals surface area contributed by atoms with Gasteiger partial charge in [0.2, 0.25) is 0 Å². The minimum atomic E-state index is -0.563. The Balaban J connectivity index is 4.57. The molecule has 136 valence electrons. The van der Waals surface area contributed by atoms with Gasteiger partial charge < -0.3 is 9.47 Å². The van der Waals surface area contributed by atoms with Gasteiger partial charge in [-0.25, -0.2) is 0 Å². The molecule has 0 aliphatic heterocycles. The largest absolute Gasteiger partial charge is 0.465 e. The molecule has 0 aliphatic rings. The molecule has 0 rings (SSSR count). The SMILES string of the molecule is CCCCOC(=O)C(C)CCC(C)(C(=O)OCC(C)C)C(C)C. The molecule has 0 aromatic rings. The summed E-state index contributed by atoms with van der Waals surface area (Å²) in [6.45, 7) is 14.9. The van der Waals surface area contributed by atoms with Crippen LogP contribution in [0.5, 0.6) is 0 Å². The molecule has 0 saturated carbocycles. The van der Waals surface area contributed by atoms with E-state index in [9.17, 15) is 9.59 Å². The third-order valence-electron chi connectivity index (χ3n) is 4.53. The summed E-state index contributed by atoms with van der Waals surface area (Å²) in [4.78, 5) is 24.4. The summed E-state index contributed by atoms with van der Waals surface area (Å²) in [5.74, 6) is -0.0380. The predicted molar refractivity (Wildman–Crippen MR) is 93.0 cm³/mol. The van der Waals surface area contributed by atoms with Crippen molar-refractivity contribution in [1.29, 1.82) is 0 Å². The maximum absolute atomic E-state index is 12.5. The third kappa shape index (κ3) is 7.85. The van der Waals surface area contributed by atoms with Crippen molar-refractivity contribution < 1.29 is 19.1 Å². The van der Waals surface area contributed by atoms with Crippen LogP contribution in [0.3, 0.4) is 0 Å². The number of carbonyl (C=O) groups excluding carboxylic acids is 2. The summed E-state index contributed by atoms with van der Waals surface area (Å²) in [6.07, 6.45) is 3.17. The Morgan fingerprint density at radius 2 is 1.65 bits per heavy atom. The van der Waals surface area contributed by atoms with Gasteiger partial charge in [0.25, 0.3) is 0 Å². The Bertz CT molecular complexity index is 362. The molecule has 0 amide bonds. The molecule has 0 N–H and O–H groups in total. The molecular formula is C19H36O4. The molecule has 0 spiro atoms. The first-order chi connectivity index (χ1) is 10.6. The van der Waals surface area contributed by atoms with E-state index in [2.05, 4.69) is 6.92 Å². The van der Waals surface area contributed by atoms with Crippen LogP contribution in [-0.2, 0) is 19.1 Å². The van der Waals surface area contributed by atoms with Gasteiger partial charge >= 0.3 is 11.9 Å². The molecule has 0 saturated heterocycles. The van der Waals surface area contributed by atoms with Gasteiger partial charge in [-0.3, -0.25) is 9.59 Å². The first-order valence-corrected chi connectivity index (χ1v) is 8.99. The average molecular weight is 328 g/mol. The van der Waals surface area contributed by atoms with Crippen LogP contribution < -0.4 is 0 Å². The summed E-state index contributed by atoms with van der Waals surface area (Å²) >= 11 is 0. The maximum Gasteiger partial charge on any atom is 0.312 e. The molecular weight excluding hydrogens is 292 g/mol. The summed E-state index contributed by atoms with van der Waals surface area (Å²) in [5.41, 5.74) is -0.563. The van der Waals surface area contributed by atoms with Crippen LogP contribution in [0.15, 0.2) is 0 Å². The van der Waals surface area contributed by atoms with E-state index >= 15 is 0 Å². The highest BCUT2D eigenvalue weighted by Crippen LogP contribution is 2.35. The summed E-state index contributed by atoms with van der Waals surface area (Å²) in [7, 11) is 0. The van der Waals surface area contributed by atoms with E-state index in [0.29, 0.717) is 32.0 Å². The molecule has 0 aromatic heterocycles. The van der Waals surface area contributed by atoms with Crippen LogP contribution in [0.4, 0.5) is 0 Å². The van der Waals surface area contributed by atoms with Gasteiger partial charge in [-0.2, -0.15) is 0 Å². The Morgan fingerprint density at radius 3 is 2.13 bits per heavy atom. The zero-order valence-corrected chi connectivity index (χ0v) is 16.1. The molecule has 23 heavy (non-hydrogen) atoms. The standard InChI is InChI=1S/C19H36O4/c1-8-9-12-22-17(20)16(6)10-11-19(7,15(4)5)18(21)23-13-14(2)3/h14-16H,8-13H2,1-7H3. The Hall–Kier alpha value is -1.06. The molecule has 0 aliphatic carbocycles. The number of rotatable bonds is 11. The number of ether oxygens (including phenoxy) is 2. The van der Waals surface area contributed by atoms with Gasteiger partial charge in [-0.15, -0.1) is 0 Å². The second-order valence-corrected chi connectivity index (χ2v) is 7.53. The van der Waals surface area contributed by atoms with Crippen molar-refractivity contribution >= 4 is 11.9 Å². The lowest BCUT2D eigenvalue weighted by Gasteiger charge is -2.32. The van der Waals surface area contributed by atoms with Crippen LogP contribution in [-0.4, -0.2) is 25.2 Å². The summed E-state index contributed by atoms with van der Waals surface area (Å²) < 4.78 is 10.7. The normalized spacial score (nSPS) is 15.3. The van der Waals surface area contributed by atoms with Gasteiger partial charge in [0.15, 0.2) is 0 Å². The van der Waals surface area contributed by atoms with Crippen LogP contribution >= 0.6 is 0 Å². The number of esters is 2. The minimum absolute atomic E-state index is 0.158. The molecule has 2 atom stereocenters. The van der Waals surface area contributed by atoms with E-state index in [1.54, 1.807) is 0 Å². The van der Waals surface area contributed by atoms with Crippen molar-refractivity contribution in [2.75, 3.05) is 13.2 Å². The number of carbonyl (C=O) groups is 2. The fourth-order valence-corrected chi connectivity index (χ4v) is 2.13. The Morgan fingerprint density at radius 1 is 1.04 bits per heavy atom. The van der Waals surface area contributed by atoms with Crippen molar-refractivity contribution in [3.63, 3.8) is 0 Å². The maximum atomic E-state index is 12.5. The van der Waals surface area contributed by atoms with E-state index < -0.39 is 5.41 Å². The third-order valence-corrected chi connectivity index (χ3v) is 4.53. The van der Waals surface area contributed by atoms with Gasteiger partial charge in [0, 0.05) is 0 Å². The highest BCUT2D eigenvalue weighted by Gasteiger charge is 2.38. The number of unbranched alkanes of at least 4 members (excludes halogenated alkanes) is 1. The lowest BCUT2D eigenvalue weighted by atomic mass is 9.74. The van der Waals surface area contributed by atoms with Crippen molar-refractivity contribution in [3.8, 4) is 0 Å². The number of hydrogen-bond donors (Lipinski definition) is 0. The first kappa shape index (κ1) is 21.9. The topological polar surface area (TPSA) is 52.6 Å². The number of hydrogen-bond acceptors (Lipinski definition) is 4. The zero-order chi connectivity index (χ0) is 18.0. The van der Waals surface area contributed by atoms with E-state index in [-0.39, 0.29) is 23.8 Å². The van der Waals surface area contributed by atoms with Crippen LogP contribution in [0.25, 0.3) is 0 Å². The second-order valence-electron chi connectivity index (χ2n) is 7.53. The molecule has 0 radical (unpaired) electrons. The van der Waals surface area contributed by atoms with Crippen LogP contribution in [0, 0.1) is 23.2 Å². The lowest BCUT2D eigenvalue weighted by Crippen LogP contribution is -2.36.